The predicted molar refractivity (Wildman–Crippen MR) is 159 cm³/mol. The summed E-state index contributed by atoms with van der Waals surface area (Å²) >= 11 is 0. The van der Waals surface area contributed by atoms with E-state index >= 15 is 0 Å². The number of esters is 1. The minimum Gasteiger partial charge on any atom is -0.466 e. The Morgan fingerprint density at radius 1 is 1.10 bits per heavy atom. The zero-order chi connectivity index (χ0) is 27.9. The van der Waals surface area contributed by atoms with E-state index in [-0.39, 0.29) is 43.1 Å². The summed E-state index contributed by atoms with van der Waals surface area (Å²) in [5.74, 6) is 0.671. The number of aryl methyl sites for hydroxylation is 1. The van der Waals surface area contributed by atoms with Gasteiger partial charge in [-0.3, -0.25) is 19.9 Å². The molecule has 0 radical (unpaired) electrons. The minimum absolute atomic E-state index is 0. The second-order valence-electron chi connectivity index (χ2n) is 9.07. The fourth-order valence-electron chi connectivity index (χ4n) is 4.41. The lowest BCUT2D eigenvalue weighted by Gasteiger charge is -2.30. The van der Waals surface area contributed by atoms with E-state index in [9.17, 15) is 9.59 Å². The van der Waals surface area contributed by atoms with Gasteiger partial charge in [0.25, 0.3) is 5.91 Å². The minimum atomic E-state index is -0.417. The van der Waals surface area contributed by atoms with Gasteiger partial charge in [-0.1, -0.05) is 13.0 Å². The molecule has 2 aromatic carbocycles. The first kappa shape index (κ1) is 30.1. The topological polar surface area (TPSA) is 139 Å². The van der Waals surface area contributed by atoms with Crippen LogP contribution in [-0.2, 0) is 23.1 Å². The number of carbonyl (C=O) groups excluding carboxylic acids is 2. The molecule has 4 N–H and O–H groups in total. The molecule has 2 aromatic heterocycles. The van der Waals surface area contributed by atoms with Gasteiger partial charge in [0.05, 0.1) is 30.6 Å². The second kappa shape index (κ2) is 13.6. The van der Waals surface area contributed by atoms with E-state index in [1.807, 2.05) is 42.8 Å². The van der Waals surface area contributed by atoms with E-state index in [4.69, 9.17) is 20.9 Å². The highest BCUT2D eigenvalue weighted by molar-refractivity contribution is 6.07. The maximum absolute atomic E-state index is 13.9. The van der Waals surface area contributed by atoms with Gasteiger partial charge in [-0.2, -0.15) is 0 Å². The number of nitrogens with zero attached hydrogens (tertiary/aromatic N) is 4. The number of amides is 1. The van der Waals surface area contributed by atoms with Crippen molar-refractivity contribution in [2.45, 2.75) is 39.3 Å². The van der Waals surface area contributed by atoms with Gasteiger partial charge >= 0.3 is 5.97 Å². The lowest BCUT2D eigenvalue weighted by Crippen LogP contribution is -2.42. The van der Waals surface area contributed by atoms with Crippen molar-refractivity contribution in [1.82, 2.24) is 14.5 Å². The molecule has 0 aliphatic heterocycles. The Balaban J connectivity index is 0.00000441. The summed E-state index contributed by atoms with van der Waals surface area (Å²) in [6.07, 6.45) is 2.25. The summed E-state index contributed by atoms with van der Waals surface area (Å²) in [4.78, 5) is 36.9. The van der Waals surface area contributed by atoms with Crippen LogP contribution in [0, 0.1) is 5.41 Å². The average molecular weight is 564 g/mol. The number of imidazole rings is 1. The SMILES string of the molecule is CCOC(=O)CC(CC)N(C(=O)c1ccc2c(c1)nc(CNc1ccc(C(=N)N)cc1)n2C)c1ccccn1.Cl. The molecular weight excluding hydrogens is 530 g/mol. The molecule has 0 aliphatic rings. The highest BCUT2D eigenvalue weighted by Crippen LogP contribution is 2.24. The number of anilines is 2. The molecule has 4 aromatic rings. The molecule has 0 bridgehead atoms. The largest absolute Gasteiger partial charge is 0.466 e. The van der Waals surface area contributed by atoms with Crippen LogP contribution in [0.4, 0.5) is 11.5 Å². The molecule has 0 saturated carbocycles. The molecule has 0 fully saturated rings. The second-order valence-corrected chi connectivity index (χ2v) is 9.07. The van der Waals surface area contributed by atoms with Crippen molar-refractivity contribution in [2.75, 3.05) is 16.8 Å². The number of pyridine rings is 1. The van der Waals surface area contributed by atoms with Crippen molar-refractivity contribution in [3.63, 3.8) is 0 Å². The number of nitrogens with two attached hydrogens (primary N) is 1. The van der Waals surface area contributed by atoms with Crippen LogP contribution < -0.4 is 16.0 Å². The van der Waals surface area contributed by atoms with Crippen LogP contribution in [0.5, 0.6) is 0 Å². The number of nitrogen functional groups attached to an aromatic ring is 1. The third-order valence-electron chi connectivity index (χ3n) is 6.53. The third kappa shape index (κ3) is 6.76. The van der Waals surface area contributed by atoms with Crippen LogP contribution in [0.15, 0.2) is 66.9 Å². The third-order valence-corrected chi connectivity index (χ3v) is 6.53. The maximum Gasteiger partial charge on any atom is 0.307 e. The Kier molecular flexibility index (Phi) is 10.2. The predicted octanol–water partition coefficient (Wildman–Crippen LogP) is 4.66. The first-order chi connectivity index (χ1) is 18.8. The van der Waals surface area contributed by atoms with Gasteiger partial charge < -0.3 is 20.4 Å². The fraction of sp³-hybridized carbons (Fsp3) is 0.276. The van der Waals surface area contributed by atoms with Gasteiger partial charge in [-0.15, -0.1) is 12.4 Å². The summed E-state index contributed by atoms with van der Waals surface area (Å²) in [6.45, 7) is 4.44. The number of benzene rings is 2. The monoisotopic (exact) mass is 563 g/mol. The maximum atomic E-state index is 13.9. The molecule has 10 nitrogen and oxygen atoms in total. The first-order valence-electron chi connectivity index (χ1n) is 12.9. The Morgan fingerprint density at radius 2 is 1.82 bits per heavy atom. The number of nitrogens with one attached hydrogen (secondary N) is 2. The summed E-state index contributed by atoms with van der Waals surface area (Å²) in [6, 6.07) is 17.7. The standard InChI is InChI=1S/C29H33N7O3.ClH/c1-4-22(17-27(37)39-5-2)36(25-8-6-7-15-32-25)29(38)20-11-14-24-23(16-20)34-26(35(24)3)18-33-21-12-9-19(10-13-21)28(30)31;/h6-16,22,33H,4-5,17-18H2,1-3H3,(H3,30,31);1H. The molecule has 40 heavy (non-hydrogen) atoms. The molecule has 2 heterocycles. The lowest BCUT2D eigenvalue weighted by molar-refractivity contribution is -0.143. The molecule has 4 rings (SSSR count). The number of amidine groups is 1. The van der Waals surface area contributed by atoms with E-state index in [1.165, 1.54) is 0 Å². The fourth-order valence-corrected chi connectivity index (χ4v) is 4.41. The van der Waals surface area contributed by atoms with E-state index in [2.05, 4.69) is 10.3 Å². The van der Waals surface area contributed by atoms with E-state index in [0.717, 1.165) is 17.0 Å². The Bertz CT molecular complexity index is 1470. The molecule has 11 heteroatoms. The molecule has 1 atom stereocenters. The smallest absolute Gasteiger partial charge is 0.307 e. The van der Waals surface area contributed by atoms with Crippen molar-refractivity contribution in [2.24, 2.45) is 12.8 Å². The van der Waals surface area contributed by atoms with Crippen LogP contribution in [0.2, 0.25) is 0 Å². The summed E-state index contributed by atoms with van der Waals surface area (Å²) < 4.78 is 7.14. The zero-order valence-electron chi connectivity index (χ0n) is 22.8. The first-order valence-corrected chi connectivity index (χ1v) is 12.9. The van der Waals surface area contributed by atoms with Gasteiger partial charge in [0.2, 0.25) is 0 Å². The highest BCUT2D eigenvalue weighted by Gasteiger charge is 2.29. The lowest BCUT2D eigenvalue weighted by atomic mass is 10.1. The van der Waals surface area contributed by atoms with Gasteiger partial charge in [0.1, 0.15) is 17.5 Å². The number of fused-ring (bicyclic) bond motifs is 1. The number of halogens is 1. The van der Waals surface area contributed by atoms with E-state index in [0.29, 0.717) is 35.4 Å². The molecule has 210 valence electrons. The van der Waals surface area contributed by atoms with Gasteiger partial charge in [-0.05, 0) is 67.9 Å². The van der Waals surface area contributed by atoms with Crippen LogP contribution in [0.3, 0.4) is 0 Å². The van der Waals surface area contributed by atoms with Crippen molar-refractivity contribution >= 4 is 52.7 Å². The molecular formula is C29H34ClN7O3. The van der Waals surface area contributed by atoms with Crippen molar-refractivity contribution < 1.29 is 14.3 Å². The number of hydrogen-bond acceptors (Lipinski definition) is 7. The quantitative estimate of drug-likeness (QED) is 0.137. The van der Waals surface area contributed by atoms with E-state index < -0.39 is 6.04 Å². The number of hydrogen-bond donors (Lipinski definition) is 3. The molecule has 0 saturated heterocycles. The highest BCUT2D eigenvalue weighted by atomic mass is 35.5. The Hall–Kier alpha value is -4.44. The number of aromatic nitrogens is 3. The number of rotatable bonds is 11. The van der Waals surface area contributed by atoms with Crippen LogP contribution in [-0.4, -0.2) is 44.9 Å². The van der Waals surface area contributed by atoms with Gasteiger partial charge in [0.15, 0.2) is 0 Å². The summed E-state index contributed by atoms with van der Waals surface area (Å²) in [5.41, 5.74) is 9.09. The number of ether oxygens (including phenoxy) is 1. The Labute approximate surface area is 239 Å². The molecule has 0 aliphatic carbocycles. The molecule has 1 unspecified atom stereocenters. The van der Waals surface area contributed by atoms with Crippen molar-refractivity contribution in [1.29, 1.82) is 5.41 Å². The van der Waals surface area contributed by atoms with Crippen molar-refractivity contribution in [3.05, 3.63) is 83.8 Å². The van der Waals surface area contributed by atoms with Crippen LogP contribution in [0.25, 0.3) is 11.0 Å². The van der Waals surface area contributed by atoms with Gasteiger partial charge in [0, 0.05) is 36.1 Å². The van der Waals surface area contributed by atoms with Crippen LogP contribution in [0.1, 0.15) is 48.4 Å². The summed E-state index contributed by atoms with van der Waals surface area (Å²) in [7, 11) is 1.93. The number of carbonyl (C=O) groups is 2. The van der Waals surface area contributed by atoms with Gasteiger partial charge in [-0.25, -0.2) is 9.97 Å². The molecule has 0 spiro atoms. The van der Waals surface area contributed by atoms with Crippen LogP contribution >= 0.6 is 12.4 Å². The summed E-state index contributed by atoms with van der Waals surface area (Å²) in [5, 5.41) is 10.9. The van der Waals surface area contributed by atoms with E-state index in [1.54, 1.807) is 54.4 Å². The van der Waals surface area contributed by atoms with Crippen molar-refractivity contribution in [3.8, 4) is 0 Å². The molecule has 1 amide bonds. The average Bonchev–Trinajstić information content (AvgIpc) is 3.26. The normalized spacial score (nSPS) is 11.4. The zero-order valence-corrected chi connectivity index (χ0v) is 23.6. The Morgan fingerprint density at radius 3 is 2.45 bits per heavy atom.